The maximum absolute atomic E-state index is 11.1. The molecule has 1 N–H and O–H groups in total. The predicted molar refractivity (Wildman–Crippen MR) is 74.9 cm³/mol. The van der Waals surface area contributed by atoms with E-state index in [0.717, 1.165) is 5.82 Å². The number of carbonyl (C=O) groups is 1. The first-order valence-electron chi connectivity index (χ1n) is 6.46. The second kappa shape index (κ2) is 6.34. The van der Waals surface area contributed by atoms with Gasteiger partial charge in [-0.25, -0.2) is 4.98 Å². The Morgan fingerprint density at radius 1 is 1.40 bits per heavy atom. The van der Waals surface area contributed by atoms with Gasteiger partial charge in [0.25, 0.3) is 0 Å². The molecule has 0 aliphatic heterocycles. The fraction of sp³-hybridized carbons (Fsp3) is 0.333. The summed E-state index contributed by atoms with van der Waals surface area (Å²) in [4.78, 5) is 15.2. The summed E-state index contributed by atoms with van der Waals surface area (Å²) in [5, 5.41) is 9.92. The zero-order valence-electron chi connectivity index (χ0n) is 11.6. The van der Waals surface area contributed by atoms with Gasteiger partial charge in [0, 0.05) is 18.0 Å². The second-order valence-corrected chi connectivity index (χ2v) is 4.67. The van der Waals surface area contributed by atoms with Gasteiger partial charge >= 0.3 is 0 Å². The minimum atomic E-state index is -0.615. The molecule has 5 heteroatoms. The van der Waals surface area contributed by atoms with Crippen molar-refractivity contribution in [2.75, 3.05) is 6.61 Å². The number of nitrogens with zero attached hydrogens (tertiary/aromatic N) is 2. The molecule has 1 atom stereocenters. The van der Waals surface area contributed by atoms with Gasteiger partial charge in [0.1, 0.15) is 24.3 Å². The smallest absolute Gasteiger partial charge is 0.159 e. The van der Waals surface area contributed by atoms with Crippen LogP contribution >= 0.6 is 0 Å². The van der Waals surface area contributed by atoms with Gasteiger partial charge in [-0.05, 0) is 38.1 Å². The van der Waals surface area contributed by atoms with E-state index in [4.69, 9.17) is 4.74 Å². The van der Waals surface area contributed by atoms with E-state index >= 15 is 0 Å². The van der Waals surface area contributed by atoms with Crippen LogP contribution in [0.15, 0.2) is 36.7 Å². The number of imidazole rings is 1. The number of ketones is 1. The Kier molecular flexibility index (Phi) is 4.53. The maximum atomic E-state index is 11.1. The second-order valence-electron chi connectivity index (χ2n) is 4.67. The number of rotatable bonds is 6. The summed E-state index contributed by atoms with van der Waals surface area (Å²) in [6.45, 7) is 4.04. The van der Waals surface area contributed by atoms with Crippen LogP contribution in [0, 0.1) is 6.92 Å². The minimum Gasteiger partial charge on any atom is -0.491 e. The van der Waals surface area contributed by atoms with Crippen LogP contribution in [0.4, 0.5) is 0 Å². The van der Waals surface area contributed by atoms with E-state index in [2.05, 4.69) is 4.98 Å². The van der Waals surface area contributed by atoms with Crippen molar-refractivity contribution >= 4 is 5.78 Å². The van der Waals surface area contributed by atoms with Crippen molar-refractivity contribution in [1.29, 1.82) is 0 Å². The molecule has 20 heavy (non-hydrogen) atoms. The van der Waals surface area contributed by atoms with E-state index in [9.17, 15) is 9.90 Å². The highest BCUT2D eigenvalue weighted by molar-refractivity contribution is 5.94. The number of ether oxygens (including phenoxy) is 1. The van der Waals surface area contributed by atoms with E-state index in [0.29, 0.717) is 17.9 Å². The molecule has 0 bridgehead atoms. The van der Waals surface area contributed by atoms with Crippen molar-refractivity contribution < 1.29 is 14.6 Å². The van der Waals surface area contributed by atoms with Crippen molar-refractivity contribution in [1.82, 2.24) is 9.55 Å². The summed E-state index contributed by atoms with van der Waals surface area (Å²) in [5.41, 5.74) is 0.645. The molecule has 0 aliphatic rings. The van der Waals surface area contributed by atoms with E-state index < -0.39 is 6.10 Å². The Bertz CT molecular complexity index is 575. The molecule has 0 fully saturated rings. The van der Waals surface area contributed by atoms with Crippen molar-refractivity contribution in [2.45, 2.75) is 26.5 Å². The van der Waals surface area contributed by atoms with Gasteiger partial charge in [-0.15, -0.1) is 0 Å². The number of aliphatic hydroxyl groups excluding tert-OH is 1. The zero-order valence-corrected chi connectivity index (χ0v) is 11.6. The third-order valence-corrected chi connectivity index (χ3v) is 3.03. The van der Waals surface area contributed by atoms with Gasteiger partial charge in [0.15, 0.2) is 5.78 Å². The average molecular weight is 274 g/mol. The summed E-state index contributed by atoms with van der Waals surface area (Å²) in [6, 6.07) is 6.88. The number of aliphatic hydroxyl groups is 1. The van der Waals surface area contributed by atoms with Gasteiger partial charge in [0.2, 0.25) is 0 Å². The lowest BCUT2D eigenvalue weighted by Gasteiger charge is -2.14. The molecule has 1 heterocycles. The number of benzene rings is 1. The van der Waals surface area contributed by atoms with Crippen LogP contribution in [-0.2, 0) is 6.54 Å². The Labute approximate surface area is 117 Å². The van der Waals surface area contributed by atoms with Crippen molar-refractivity contribution in [3.63, 3.8) is 0 Å². The molecule has 0 amide bonds. The largest absolute Gasteiger partial charge is 0.491 e. The lowest BCUT2D eigenvalue weighted by atomic mass is 10.1. The third-order valence-electron chi connectivity index (χ3n) is 3.03. The Morgan fingerprint density at radius 3 is 2.65 bits per heavy atom. The Hall–Kier alpha value is -2.14. The Morgan fingerprint density at radius 2 is 2.10 bits per heavy atom. The van der Waals surface area contributed by atoms with Crippen LogP contribution in [0.5, 0.6) is 5.75 Å². The van der Waals surface area contributed by atoms with Gasteiger partial charge in [-0.2, -0.15) is 0 Å². The minimum absolute atomic E-state index is 0.0205. The molecule has 0 saturated carbocycles. The van der Waals surface area contributed by atoms with Crippen LogP contribution in [0.1, 0.15) is 23.1 Å². The van der Waals surface area contributed by atoms with Crippen LogP contribution < -0.4 is 4.74 Å². The Balaban J connectivity index is 1.85. The SMILES string of the molecule is CC(=O)c1ccc(OC[C@H](O)Cn2ccnc2C)cc1. The average Bonchev–Trinajstić information content (AvgIpc) is 2.82. The van der Waals surface area contributed by atoms with Crippen molar-refractivity contribution in [3.8, 4) is 5.75 Å². The van der Waals surface area contributed by atoms with Crippen molar-refractivity contribution in [3.05, 3.63) is 48.0 Å². The van der Waals surface area contributed by atoms with Gasteiger partial charge in [-0.3, -0.25) is 4.79 Å². The molecule has 106 valence electrons. The first-order chi connectivity index (χ1) is 9.56. The first-order valence-corrected chi connectivity index (χ1v) is 6.46. The zero-order chi connectivity index (χ0) is 14.5. The number of Topliss-reactive ketones (excluding diaryl/α,β-unsaturated/α-hetero) is 1. The summed E-state index contributed by atoms with van der Waals surface area (Å²) in [6.07, 6.45) is 2.90. The highest BCUT2D eigenvalue weighted by Gasteiger charge is 2.08. The number of aromatic nitrogens is 2. The molecule has 0 saturated heterocycles. The summed E-state index contributed by atoms with van der Waals surface area (Å²) in [5.74, 6) is 1.51. The van der Waals surface area contributed by atoms with E-state index in [1.807, 2.05) is 17.7 Å². The van der Waals surface area contributed by atoms with Crippen LogP contribution in [-0.4, -0.2) is 33.2 Å². The fourth-order valence-corrected chi connectivity index (χ4v) is 1.85. The molecule has 0 spiro atoms. The third kappa shape index (κ3) is 3.68. The van der Waals surface area contributed by atoms with Gasteiger partial charge in [-0.1, -0.05) is 0 Å². The summed E-state index contributed by atoms with van der Waals surface area (Å²) >= 11 is 0. The van der Waals surface area contributed by atoms with Crippen molar-refractivity contribution in [2.24, 2.45) is 0 Å². The van der Waals surface area contributed by atoms with Crippen LogP contribution in [0.25, 0.3) is 0 Å². The standard InChI is InChI=1S/C15H18N2O3/c1-11(18)13-3-5-15(6-4-13)20-10-14(19)9-17-8-7-16-12(17)2/h3-8,14,19H,9-10H2,1-2H3/t14-/m1/s1. The number of carbonyl (C=O) groups excluding carboxylic acids is 1. The normalized spacial score (nSPS) is 12.2. The topological polar surface area (TPSA) is 64.3 Å². The maximum Gasteiger partial charge on any atom is 0.159 e. The molecular weight excluding hydrogens is 256 g/mol. The molecule has 0 unspecified atom stereocenters. The van der Waals surface area contributed by atoms with Crippen LogP contribution in [0.2, 0.25) is 0 Å². The quantitative estimate of drug-likeness (QED) is 0.816. The number of aryl methyl sites for hydroxylation is 1. The molecular formula is C15H18N2O3. The van der Waals surface area contributed by atoms with E-state index in [-0.39, 0.29) is 12.4 Å². The summed E-state index contributed by atoms with van der Waals surface area (Å²) < 4.78 is 7.36. The predicted octanol–water partition coefficient (Wildman–Crippen LogP) is 1.83. The molecule has 2 aromatic rings. The highest BCUT2D eigenvalue weighted by Crippen LogP contribution is 2.13. The van der Waals surface area contributed by atoms with E-state index in [1.54, 1.807) is 30.5 Å². The lowest BCUT2D eigenvalue weighted by Crippen LogP contribution is -2.23. The molecule has 0 radical (unpaired) electrons. The molecule has 1 aromatic carbocycles. The summed E-state index contributed by atoms with van der Waals surface area (Å²) in [7, 11) is 0. The molecule has 5 nitrogen and oxygen atoms in total. The monoisotopic (exact) mass is 274 g/mol. The van der Waals surface area contributed by atoms with E-state index in [1.165, 1.54) is 6.92 Å². The lowest BCUT2D eigenvalue weighted by molar-refractivity contribution is 0.0918. The molecule has 0 aliphatic carbocycles. The fourth-order valence-electron chi connectivity index (χ4n) is 1.85. The molecule has 2 rings (SSSR count). The first kappa shape index (κ1) is 14.3. The molecule has 1 aromatic heterocycles. The van der Waals surface area contributed by atoms with Crippen LogP contribution in [0.3, 0.4) is 0 Å². The number of hydrogen-bond acceptors (Lipinski definition) is 4. The van der Waals surface area contributed by atoms with Gasteiger partial charge in [0.05, 0.1) is 6.54 Å². The highest BCUT2D eigenvalue weighted by atomic mass is 16.5. The van der Waals surface area contributed by atoms with Gasteiger partial charge < -0.3 is 14.4 Å². The number of hydrogen-bond donors (Lipinski definition) is 1.